The predicted octanol–water partition coefficient (Wildman–Crippen LogP) is 22.0. The largest absolute Gasteiger partial charge is 0.310 e. The lowest BCUT2D eigenvalue weighted by Gasteiger charge is -2.35. The van der Waals surface area contributed by atoms with Crippen molar-refractivity contribution in [2.75, 3.05) is 19.6 Å². The van der Waals surface area contributed by atoms with Crippen molar-refractivity contribution in [3.63, 3.8) is 0 Å². The highest BCUT2D eigenvalue weighted by molar-refractivity contribution is 6.89. The molecule has 0 unspecified atom stereocenters. The van der Waals surface area contributed by atoms with Gasteiger partial charge < -0.3 is 19.6 Å². The molecule has 12 aromatic rings. The molecule has 84 heavy (non-hydrogen) atoms. The third kappa shape index (κ3) is 10.3. The third-order valence-electron chi connectivity index (χ3n) is 17.8. The lowest BCUT2D eigenvalue weighted by atomic mass is 9.89. The van der Waals surface area contributed by atoms with E-state index in [9.17, 15) is 0 Å². The Morgan fingerprint density at radius 2 is 0.440 bits per heavy atom. The standard InChI is InChI=1S/C78H78N4Si2/c1-51-25-29-63(45-55(51)5)81(64-30-26-52(2)56(6)46-64)75-49-73(79(59-21-17-15-18-22-59)61-33-37-67(38-34-61)83(9,10)11)69-42-44-72-76(82(65-31-27-53(3)57(7)47-65)66-32-28-54(4)58(8)48-66)50-74(70-41-43-71(75)77(69)78(70)72)80(60-23-19-16-20-24-60)62-35-39-68(40-36-62)84(12,13)14/h15-50H,1-14H3. The fraction of sp³-hybridized carbons (Fsp3) is 0.179. The molecule has 0 atom stereocenters. The van der Waals surface area contributed by atoms with Gasteiger partial charge in [0.2, 0.25) is 0 Å². The molecule has 12 rings (SSSR count). The number of hydrogen-bond acceptors (Lipinski definition) is 4. The quantitative estimate of drug-likeness (QED) is 0.0795. The van der Waals surface area contributed by atoms with Crippen molar-refractivity contribution in [2.45, 2.75) is 94.7 Å². The lowest BCUT2D eigenvalue weighted by molar-refractivity contribution is 1.23. The summed E-state index contributed by atoms with van der Waals surface area (Å²) in [6, 6.07) is 83.5. The molecule has 0 aliphatic carbocycles. The molecular weight excluding hydrogens is 1050 g/mol. The second-order valence-electron chi connectivity index (χ2n) is 25.6. The molecule has 0 amide bonds. The zero-order valence-electron chi connectivity index (χ0n) is 51.6. The summed E-state index contributed by atoms with van der Waals surface area (Å²) in [5, 5.41) is 9.96. The van der Waals surface area contributed by atoms with Crippen LogP contribution in [0.4, 0.5) is 68.2 Å². The van der Waals surface area contributed by atoms with Gasteiger partial charge in [0.05, 0.1) is 38.9 Å². The molecule has 12 aromatic carbocycles. The SMILES string of the molecule is Cc1ccc(N(c2ccc(C)c(C)c2)c2cc(N(c3ccccc3)c3ccc([Si](C)(C)C)cc3)c3ccc4c(N(c5ccc(C)c(C)c5)c5ccc(C)c(C)c5)cc(N(c5ccccc5)c5ccc([Si](C)(C)C)cc5)c5ccc2c3c54)cc1C. The first-order valence-corrected chi connectivity index (χ1v) is 36.8. The number of nitrogens with zero attached hydrogens (tertiary/aromatic N) is 4. The average Bonchev–Trinajstić information content (AvgIpc) is 0.760. The van der Waals surface area contributed by atoms with Crippen molar-refractivity contribution in [1.82, 2.24) is 0 Å². The van der Waals surface area contributed by atoms with E-state index in [1.165, 1.54) is 87.2 Å². The summed E-state index contributed by atoms with van der Waals surface area (Å²) in [4.78, 5) is 10.1. The molecule has 0 radical (unpaired) electrons. The Hall–Kier alpha value is -8.69. The van der Waals surface area contributed by atoms with Crippen molar-refractivity contribution in [3.05, 3.63) is 263 Å². The monoisotopic (exact) mass is 1130 g/mol. The van der Waals surface area contributed by atoms with Gasteiger partial charge >= 0.3 is 0 Å². The van der Waals surface area contributed by atoms with Gasteiger partial charge in [0.25, 0.3) is 0 Å². The van der Waals surface area contributed by atoms with E-state index in [1.807, 2.05) is 0 Å². The van der Waals surface area contributed by atoms with Crippen LogP contribution in [0.3, 0.4) is 0 Å². The molecular formula is C78H78N4Si2. The number of benzene rings is 12. The maximum atomic E-state index is 2.53. The van der Waals surface area contributed by atoms with Gasteiger partial charge in [-0.25, -0.2) is 0 Å². The van der Waals surface area contributed by atoms with Crippen LogP contribution in [0.15, 0.2) is 218 Å². The summed E-state index contributed by atoms with van der Waals surface area (Å²) in [5.74, 6) is 0. The Labute approximate surface area is 501 Å². The lowest BCUT2D eigenvalue weighted by Crippen LogP contribution is -2.37. The van der Waals surface area contributed by atoms with Gasteiger partial charge in [-0.15, -0.1) is 0 Å². The van der Waals surface area contributed by atoms with Gasteiger partial charge in [-0.1, -0.05) is 159 Å². The molecule has 0 spiro atoms. The van der Waals surface area contributed by atoms with Crippen LogP contribution in [0.5, 0.6) is 0 Å². The summed E-state index contributed by atoms with van der Waals surface area (Å²) in [5.41, 5.74) is 23.3. The Morgan fingerprint density at radius 3 is 0.679 bits per heavy atom. The fourth-order valence-corrected chi connectivity index (χ4v) is 14.5. The van der Waals surface area contributed by atoms with Crippen LogP contribution in [0.25, 0.3) is 32.3 Å². The third-order valence-corrected chi connectivity index (χ3v) is 21.9. The predicted molar refractivity (Wildman–Crippen MR) is 373 cm³/mol. The van der Waals surface area contributed by atoms with E-state index >= 15 is 0 Å². The van der Waals surface area contributed by atoms with Crippen LogP contribution < -0.4 is 30.0 Å². The highest BCUT2D eigenvalue weighted by Gasteiger charge is 2.30. The van der Waals surface area contributed by atoms with Crippen LogP contribution in [0.2, 0.25) is 39.3 Å². The van der Waals surface area contributed by atoms with Crippen LogP contribution in [-0.4, -0.2) is 16.1 Å². The van der Waals surface area contributed by atoms with Gasteiger partial charge in [-0.05, 0) is 209 Å². The van der Waals surface area contributed by atoms with Crippen molar-refractivity contribution in [3.8, 4) is 0 Å². The highest BCUT2D eigenvalue weighted by atomic mass is 28.3. The summed E-state index contributed by atoms with van der Waals surface area (Å²) >= 11 is 0. The maximum absolute atomic E-state index is 2.53. The second kappa shape index (κ2) is 21.8. The smallest absolute Gasteiger partial charge is 0.0775 e. The molecule has 0 aromatic heterocycles. The Bertz CT molecular complexity index is 4030. The van der Waals surface area contributed by atoms with Gasteiger partial charge in [0, 0.05) is 77.8 Å². The van der Waals surface area contributed by atoms with Crippen molar-refractivity contribution in [1.29, 1.82) is 0 Å². The minimum Gasteiger partial charge on any atom is -0.310 e. The first-order chi connectivity index (χ1) is 40.2. The van der Waals surface area contributed by atoms with Gasteiger partial charge in [-0.3, -0.25) is 0 Å². The first-order valence-electron chi connectivity index (χ1n) is 29.8. The Kier molecular flexibility index (Phi) is 14.5. The van der Waals surface area contributed by atoms with Crippen molar-refractivity contribution >= 4 is 127 Å². The van der Waals surface area contributed by atoms with E-state index in [4.69, 9.17) is 0 Å². The maximum Gasteiger partial charge on any atom is 0.0775 e. The number of rotatable bonds is 14. The number of para-hydroxylation sites is 2. The second-order valence-corrected chi connectivity index (χ2v) is 35.7. The number of aryl methyl sites for hydroxylation is 8. The molecule has 0 aliphatic rings. The molecule has 6 heteroatoms. The molecule has 0 heterocycles. The molecule has 0 saturated carbocycles. The van der Waals surface area contributed by atoms with Gasteiger partial charge in [-0.2, -0.15) is 0 Å². The molecule has 0 aliphatic heterocycles. The average molecular weight is 1130 g/mol. The van der Waals surface area contributed by atoms with Gasteiger partial charge in [0.15, 0.2) is 0 Å². The fourth-order valence-electron chi connectivity index (χ4n) is 12.2. The molecule has 418 valence electrons. The van der Waals surface area contributed by atoms with E-state index in [2.05, 4.69) is 333 Å². The van der Waals surface area contributed by atoms with E-state index in [1.54, 1.807) is 0 Å². The minimum absolute atomic E-state index is 1.09. The number of anilines is 12. The van der Waals surface area contributed by atoms with E-state index < -0.39 is 16.1 Å². The zero-order valence-corrected chi connectivity index (χ0v) is 53.6. The van der Waals surface area contributed by atoms with E-state index in [-0.39, 0.29) is 0 Å². The summed E-state index contributed by atoms with van der Waals surface area (Å²) in [7, 11) is -3.27. The molecule has 0 bridgehead atoms. The van der Waals surface area contributed by atoms with Crippen LogP contribution in [0.1, 0.15) is 44.5 Å². The molecule has 0 fully saturated rings. The Balaban J connectivity index is 1.30. The van der Waals surface area contributed by atoms with Crippen LogP contribution >= 0.6 is 0 Å². The van der Waals surface area contributed by atoms with Crippen molar-refractivity contribution < 1.29 is 0 Å². The summed E-state index contributed by atoms with van der Waals surface area (Å²) < 4.78 is 0. The zero-order chi connectivity index (χ0) is 58.9. The first kappa shape index (κ1) is 55.8. The normalized spacial score (nSPS) is 11.9. The topological polar surface area (TPSA) is 13.0 Å². The van der Waals surface area contributed by atoms with Crippen LogP contribution in [0, 0.1) is 55.4 Å². The highest BCUT2D eigenvalue weighted by Crippen LogP contribution is 2.55. The molecule has 0 saturated heterocycles. The van der Waals surface area contributed by atoms with Gasteiger partial charge in [0.1, 0.15) is 0 Å². The molecule has 4 nitrogen and oxygen atoms in total. The Morgan fingerprint density at radius 1 is 0.214 bits per heavy atom. The number of hydrogen-bond donors (Lipinski definition) is 0. The van der Waals surface area contributed by atoms with E-state index in [0.29, 0.717) is 0 Å². The summed E-state index contributed by atoms with van der Waals surface area (Å²) in [6.07, 6.45) is 0. The van der Waals surface area contributed by atoms with Crippen LogP contribution in [-0.2, 0) is 0 Å². The summed E-state index contributed by atoms with van der Waals surface area (Å²) in [6.45, 7) is 32.4. The van der Waals surface area contributed by atoms with Crippen molar-refractivity contribution in [2.24, 2.45) is 0 Å². The molecule has 0 N–H and O–H groups in total. The minimum atomic E-state index is -1.64. The van der Waals surface area contributed by atoms with E-state index in [0.717, 1.165) is 68.2 Å².